The van der Waals surface area contributed by atoms with Crippen LogP contribution in [0.1, 0.15) is 65.5 Å². The third-order valence-electron chi connectivity index (χ3n) is 7.05. The minimum absolute atomic E-state index is 0.0954. The second kappa shape index (κ2) is 17.3. The van der Waals surface area contributed by atoms with Crippen LogP contribution < -0.4 is 11.1 Å². The van der Waals surface area contributed by atoms with Crippen molar-refractivity contribution in [1.29, 1.82) is 0 Å². The number of alkyl halides is 6. The van der Waals surface area contributed by atoms with Crippen molar-refractivity contribution in [2.75, 3.05) is 31.5 Å². The number of rotatable bonds is 4. The van der Waals surface area contributed by atoms with Crippen LogP contribution >= 0.6 is 0 Å². The lowest BCUT2D eigenvalue weighted by Crippen LogP contribution is -2.36. The lowest BCUT2D eigenvalue weighted by molar-refractivity contribution is -0.388. The normalized spacial score (nSPS) is 17.5. The molecule has 4 rings (SSSR count). The molecule has 0 aliphatic carbocycles. The van der Waals surface area contributed by atoms with Gasteiger partial charge in [-0.2, -0.15) is 26.3 Å². The highest BCUT2D eigenvalue weighted by molar-refractivity contribution is 5.69. The van der Waals surface area contributed by atoms with Gasteiger partial charge >= 0.3 is 24.5 Å². The molecular weight excluding hydrogens is 729 g/mol. The Kier molecular flexibility index (Phi) is 14.4. The molecular formula is C32H41F7N6O8. The molecule has 2 heterocycles. The molecule has 2 aliphatic rings. The second-order valence-electron chi connectivity index (χ2n) is 13.9. The zero-order valence-corrected chi connectivity index (χ0v) is 29.6. The van der Waals surface area contributed by atoms with Crippen LogP contribution in [0.25, 0.3) is 0 Å². The zero-order chi connectivity index (χ0) is 40.7. The molecule has 0 radical (unpaired) electrons. The van der Waals surface area contributed by atoms with Gasteiger partial charge in [0.2, 0.25) is 0 Å². The summed E-state index contributed by atoms with van der Waals surface area (Å²) >= 11 is 0. The molecule has 2 atom stereocenters. The van der Waals surface area contributed by atoms with Gasteiger partial charge in [0.05, 0.1) is 9.85 Å². The van der Waals surface area contributed by atoms with Crippen molar-refractivity contribution < 1.29 is 59.6 Å². The van der Waals surface area contributed by atoms with Crippen molar-refractivity contribution in [3.05, 3.63) is 73.6 Å². The van der Waals surface area contributed by atoms with Gasteiger partial charge < -0.3 is 30.3 Å². The Hall–Kier alpha value is -4.95. The molecule has 21 heteroatoms. The Morgan fingerprint density at radius 3 is 1.60 bits per heavy atom. The number of amides is 2. The first-order valence-electron chi connectivity index (χ1n) is 15.9. The lowest BCUT2D eigenvalue weighted by atomic mass is 10.1. The highest BCUT2D eigenvalue weighted by atomic mass is 19.4. The lowest BCUT2D eigenvalue weighted by Gasteiger charge is -2.24. The number of nitrogens with one attached hydrogen (secondary N) is 1. The van der Waals surface area contributed by atoms with E-state index in [2.05, 4.69) is 5.32 Å². The summed E-state index contributed by atoms with van der Waals surface area (Å²) in [5, 5.41) is 23.8. The van der Waals surface area contributed by atoms with Crippen LogP contribution in [0.3, 0.4) is 0 Å². The van der Waals surface area contributed by atoms with Gasteiger partial charge in [-0.25, -0.2) is 14.0 Å². The molecule has 2 aromatic carbocycles. The van der Waals surface area contributed by atoms with Gasteiger partial charge in [-0.3, -0.25) is 20.2 Å². The van der Waals surface area contributed by atoms with E-state index >= 15 is 0 Å². The van der Waals surface area contributed by atoms with Gasteiger partial charge in [0.1, 0.15) is 28.1 Å². The number of hydrogen-bond acceptors (Lipinski definition) is 10. The predicted octanol–water partition coefficient (Wildman–Crippen LogP) is 7.74. The molecule has 14 nitrogen and oxygen atoms in total. The van der Waals surface area contributed by atoms with Crippen LogP contribution in [0.15, 0.2) is 36.4 Å². The molecule has 296 valence electrons. The van der Waals surface area contributed by atoms with Crippen molar-refractivity contribution in [2.45, 2.75) is 90.0 Å². The van der Waals surface area contributed by atoms with Crippen molar-refractivity contribution >= 4 is 29.2 Å². The standard InChI is InChI=1S/C16H20F3N3O4.C9H18N2O2.C7H3F4NO2/c1-15(2,3)26-14(23)21-7-6-11(9-21)20-10-4-5-13(22(24)25)12(8-10)16(17,18)19;1-9(2,3)13-8(12)11-5-4-7(10)6-11;8-4-1-2-6(12(13)14)5(3-4)7(9,10)11/h4-5,8,11,20H,6-7,9H2,1-3H3;7H,4-6,10H2,1-3H3;1-3H/t11-;7-;/m11./s1. The van der Waals surface area contributed by atoms with Crippen LogP contribution in [0, 0.1) is 26.0 Å². The van der Waals surface area contributed by atoms with Gasteiger partial charge in [0, 0.05) is 56.1 Å². The molecule has 0 aromatic heterocycles. The summed E-state index contributed by atoms with van der Waals surface area (Å²) in [4.78, 5) is 45.3. The first kappa shape index (κ1) is 44.2. The van der Waals surface area contributed by atoms with Crippen molar-refractivity contribution in [3.8, 4) is 0 Å². The smallest absolute Gasteiger partial charge is 0.423 e. The van der Waals surface area contributed by atoms with Crippen LogP contribution in [-0.4, -0.2) is 81.3 Å². The zero-order valence-electron chi connectivity index (χ0n) is 29.6. The number of benzene rings is 2. The quantitative estimate of drug-likeness (QED) is 0.177. The summed E-state index contributed by atoms with van der Waals surface area (Å²) in [5.74, 6) is -1.16. The number of nitrogens with two attached hydrogens (primary N) is 1. The summed E-state index contributed by atoms with van der Waals surface area (Å²) in [7, 11) is 0. The van der Waals surface area contributed by atoms with Gasteiger partial charge in [-0.1, -0.05) is 0 Å². The first-order chi connectivity index (χ1) is 24.1. The number of nitro benzene ring substituents is 2. The number of likely N-dealkylation sites (tertiary alicyclic amines) is 2. The van der Waals surface area contributed by atoms with E-state index in [-0.39, 0.29) is 36.5 Å². The Morgan fingerprint density at radius 2 is 1.19 bits per heavy atom. The topological polar surface area (TPSA) is 183 Å². The number of carbonyl (C=O) groups is 2. The highest BCUT2D eigenvalue weighted by Crippen LogP contribution is 2.38. The third kappa shape index (κ3) is 14.5. The molecule has 2 amide bonds. The van der Waals surface area contributed by atoms with E-state index in [1.807, 2.05) is 20.8 Å². The minimum atomic E-state index is -4.93. The number of carbonyl (C=O) groups excluding carboxylic acids is 2. The van der Waals surface area contributed by atoms with E-state index < -0.39 is 67.8 Å². The minimum Gasteiger partial charge on any atom is -0.444 e. The average Bonchev–Trinajstić information content (AvgIpc) is 3.64. The molecule has 2 aromatic rings. The number of anilines is 1. The summed E-state index contributed by atoms with van der Waals surface area (Å²) in [6, 6.07) is 3.80. The van der Waals surface area contributed by atoms with E-state index in [4.69, 9.17) is 15.2 Å². The van der Waals surface area contributed by atoms with Crippen molar-refractivity contribution in [1.82, 2.24) is 9.80 Å². The number of ether oxygens (including phenoxy) is 2. The number of nitro groups is 2. The molecule has 2 aliphatic heterocycles. The summed E-state index contributed by atoms with van der Waals surface area (Å²) in [6.07, 6.45) is -9.10. The summed E-state index contributed by atoms with van der Waals surface area (Å²) in [5.41, 5.74) is -0.303. The highest BCUT2D eigenvalue weighted by Gasteiger charge is 2.40. The summed E-state index contributed by atoms with van der Waals surface area (Å²) in [6.45, 7) is 12.8. The van der Waals surface area contributed by atoms with Crippen LogP contribution in [0.2, 0.25) is 0 Å². The molecule has 0 bridgehead atoms. The van der Waals surface area contributed by atoms with Crippen LogP contribution in [-0.2, 0) is 21.8 Å². The first-order valence-corrected chi connectivity index (χ1v) is 15.9. The molecule has 3 N–H and O–H groups in total. The van der Waals surface area contributed by atoms with Gasteiger partial charge in [-0.05, 0) is 78.6 Å². The van der Waals surface area contributed by atoms with Crippen LogP contribution in [0.5, 0.6) is 0 Å². The second-order valence-corrected chi connectivity index (χ2v) is 13.9. The fraction of sp³-hybridized carbons (Fsp3) is 0.562. The Balaban J connectivity index is 0.000000303. The van der Waals surface area contributed by atoms with Gasteiger partial charge in [-0.15, -0.1) is 0 Å². The van der Waals surface area contributed by atoms with Gasteiger partial charge in [0.25, 0.3) is 11.4 Å². The number of hydrogen-bond donors (Lipinski definition) is 2. The molecule has 2 saturated heterocycles. The molecule has 2 fully saturated rings. The van der Waals surface area contributed by atoms with E-state index in [0.717, 1.165) is 19.0 Å². The maximum Gasteiger partial charge on any atom is 0.423 e. The molecule has 0 spiro atoms. The van der Waals surface area contributed by atoms with E-state index in [1.165, 1.54) is 11.0 Å². The van der Waals surface area contributed by atoms with E-state index in [9.17, 15) is 60.6 Å². The fourth-order valence-corrected chi connectivity index (χ4v) is 4.79. The largest absolute Gasteiger partial charge is 0.444 e. The SMILES string of the molecule is CC(C)(C)OC(=O)N1CC[C@@H](N)C1.CC(C)(C)OC(=O)N1CC[C@@H](Nc2ccc([N+](=O)[O-])c(C(F)(F)F)c2)C1.O=[N+]([O-])c1ccc(F)cc1C(F)(F)F. The maximum atomic E-state index is 13.0. The van der Waals surface area contributed by atoms with E-state index in [0.29, 0.717) is 37.7 Å². The molecule has 0 unspecified atom stereocenters. The third-order valence-corrected chi connectivity index (χ3v) is 7.05. The Labute approximate surface area is 299 Å². The Bertz CT molecular complexity index is 1630. The average molecular weight is 771 g/mol. The molecule has 53 heavy (non-hydrogen) atoms. The predicted molar refractivity (Wildman–Crippen MR) is 176 cm³/mol. The van der Waals surface area contributed by atoms with Crippen LogP contribution in [0.4, 0.5) is 57.4 Å². The fourth-order valence-electron chi connectivity index (χ4n) is 4.79. The van der Waals surface area contributed by atoms with Crippen molar-refractivity contribution in [2.24, 2.45) is 5.73 Å². The maximum absolute atomic E-state index is 13.0. The number of nitrogens with zero attached hydrogens (tertiary/aromatic N) is 4. The summed E-state index contributed by atoms with van der Waals surface area (Å²) < 4.78 is 98.3. The van der Waals surface area contributed by atoms with Gasteiger partial charge in [0.15, 0.2) is 0 Å². The van der Waals surface area contributed by atoms with E-state index in [1.54, 1.807) is 25.7 Å². The monoisotopic (exact) mass is 770 g/mol. The van der Waals surface area contributed by atoms with Crippen molar-refractivity contribution in [3.63, 3.8) is 0 Å². The molecule has 0 saturated carbocycles. The Morgan fingerprint density at radius 1 is 0.755 bits per heavy atom. The number of halogens is 7.